The summed E-state index contributed by atoms with van der Waals surface area (Å²) in [6, 6.07) is 18.1. The highest BCUT2D eigenvalue weighted by molar-refractivity contribution is 5.90. The predicted octanol–water partition coefficient (Wildman–Crippen LogP) is 5.70. The maximum Gasteiger partial charge on any atom is 0.0823 e. The summed E-state index contributed by atoms with van der Waals surface area (Å²) >= 11 is 0. The Hall–Kier alpha value is -2.80. The average molecular weight is 307 g/mol. The molecule has 0 saturated heterocycles. The maximum atomic E-state index is 2.59. The van der Waals surface area contributed by atoms with Crippen LogP contribution in [0.3, 0.4) is 0 Å². The summed E-state index contributed by atoms with van der Waals surface area (Å²) in [6.45, 7) is 0. The molecule has 1 atom stereocenters. The smallest absolute Gasteiger partial charge is 0.0823 e. The molecule has 2 aromatic rings. The third-order valence-electron chi connectivity index (χ3n) is 5.72. The Labute approximate surface area is 141 Å². The van der Waals surface area contributed by atoms with Crippen molar-refractivity contribution < 1.29 is 0 Å². The first kappa shape index (κ1) is 12.6. The monoisotopic (exact) mass is 307 g/mol. The van der Waals surface area contributed by atoms with Gasteiger partial charge in [0.2, 0.25) is 0 Å². The van der Waals surface area contributed by atoms with Gasteiger partial charge in [-0.05, 0) is 41.2 Å². The number of allylic oxidation sites excluding steroid dienone is 5. The molecule has 6 rings (SSSR count). The molecule has 0 N–H and O–H groups in total. The van der Waals surface area contributed by atoms with Crippen molar-refractivity contribution in [2.45, 2.75) is 18.9 Å². The minimum Gasteiger partial charge on any atom is -0.329 e. The number of hydrogen-bond donors (Lipinski definition) is 0. The van der Waals surface area contributed by atoms with Gasteiger partial charge in [-0.3, -0.25) is 0 Å². The molecule has 0 saturated carbocycles. The van der Waals surface area contributed by atoms with E-state index in [1.165, 1.54) is 39.2 Å². The molecule has 2 heterocycles. The first-order chi connectivity index (χ1) is 11.9. The number of benzene rings is 2. The zero-order valence-corrected chi connectivity index (χ0v) is 13.4. The summed E-state index contributed by atoms with van der Waals surface area (Å²) in [5.41, 5.74) is 11.4. The van der Waals surface area contributed by atoms with Crippen molar-refractivity contribution >= 4 is 5.69 Å². The van der Waals surface area contributed by atoms with Crippen LogP contribution in [0.1, 0.15) is 24.4 Å². The van der Waals surface area contributed by atoms with Gasteiger partial charge in [0, 0.05) is 22.5 Å². The summed E-state index contributed by atoms with van der Waals surface area (Å²) in [7, 11) is 0. The van der Waals surface area contributed by atoms with Gasteiger partial charge in [0.25, 0.3) is 0 Å². The summed E-state index contributed by atoms with van der Waals surface area (Å²) in [6.07, 6.45) is 11.6. The molecule has 2 aromatic carbocycles. The maximum absolute atomic E-state index is 2.59. The Morgan fingerprint density at radius 3 is 2.67 bits per heavy atom. The lowest BCUT2D eigenvalue weighted by atomic mass is 9.79. The molecule has 0 aromatic heterocycles. The van der Waals surface area contributed by atoms with Gasteiger partial charge in [-0.1, -0.05) is 66.8 Å². The van der Waals surface area contributed by atoms with Crippen LogP contribution in [-0.2, 0) is 0 Å². The van der Waals surface area contributed by atoms with Crippen LogP contribution in [-0.4, -0.2) is 0 Å². The Kier molecular flexibility index (Phi) is 2.30. The van der Waals surface area contributed by atoms with Crippen LogP contribution < -0.4 is 4.90 Å². The minimum absolute atomic E-state index is 0.336. The number of rotatable bonds is 0. The largest absolute Gasteiger partial charge is 0.329 e. The van der Waals surface area contributed by atoms with Gasteiger partial charge in [0.15, 0.2) is 0 Å². The van der Waals surface area contributed by atoms with Crippen molar-refractivity contribution in [3.63, 3.8) is 0 Å². The van der Waals surface area contributed by atoms with Crippen LogP contribution in [0.15, 0.2) is 95.3 Å². The molecule has 1 heteroatoms. The van der Waals surface area contributed by atoms with Gasteiger partial charge in [0.05, 0.1) is 6.04 Å². The lowest BCUT2D eigenvalue weighted by molar-refractivity contribution is 0.729. The first-order valence-corrected chi connectivity index (χ1v) is 8.72. The van der Waals surface area contributed by atoms with Crippen LogP contribution in [0.2, 0.25) is 0 Å². The van der Waals surface area contributed by atoms with Gasteiger partial charge in [-0.2, -0.15) is 0 Å². The second-order valence-corrected chi connectivity index (χ2v) is 6.87. The second kappa shape index (κ2) is 4.39. The Morgan fingerprint density at radius 2 is 1.71 bits per heavy atom. The predicted molar refractivity (Wildman–Crippen MR) is 98.7 cm³/mol. The van der Waals surface area contributed by atoms with E-state index in [1.807, 2.05) is 0 Å². The molecular weight excluding hydrogens is 290 g/mol. The molecule has 114 valence electrons. The van der Waals surface area contributed by atoms with E-state index < -0.39 is 0 Å². The van der Waals surface area contributed by atoms with E-state index >= 15 is 0 Å². The van der Waals surface area contributed by atoms with E-state index in [9.17, 15) is 0 Å². The molecule has 0 fully saturated rings. The van der Waals surface area contributed by atoms with E-state index in [-0.39, 0.29) is 0 Å². The average Bonchev–Trinajstić information content (AvgIpc) is 3.30. The molecule has 2 aliphatic heterocycles. The number of para-hydroxylation sites is 1. The van der Waals surface area contributed by atoms with E-state index in [0.29, 0.717) is 6.04 Å². The summed E-state index contributed by atoms with van der Waals surface area (Å²) in [5, 5.41) is 0. The summed E-state index contributed by atoms with van der Waals surface area (Å²) in [5.74, 6) is 0. The van der Waals surface area contributed by atoms with Crippen LogP contribution in [0.25, 0.3) is 11.1 Å². The highest BCUT2D eigenvalue weighted by Gasteiger charge is 2.42. The SMILES string of the molecule is C1=CC2=C(C1)C1c3ccccc3-c3ccccc3N1C1=CCC=C12. The number of nitrogens with zero attached hydrogens (tertiary/aromatic N) is 1. The third kappa shape index (κ3) is 1.41. The number of anilines is 1. The number of hydrogen-bond acceptors (Lipinski definition) is 1. The topological polar surface area (TPSA) is 3.24 Å². The van der Waals surface area contributed by atoms with Gasteiger partial charge in [0.1, 0.15) is 0 Å². The highest BCUT2D eigenvalue weighted by Crippen LogP contribution is 2.56. The van der Waals surface area contributed by atoms with Crippen molar-refractivity contribution in [3.05, 3.63) is 101 Å². The van der Waals surface area contributed by atoms with Crippen molar-refractivity contribution in [1.29, 1.82) is 0 Å². The van der Waals surface area contributed by atoms with E-state index in [4.69, 9.17) is 0 Å². The fourth-order valence-electron chi connectivity index (χ4n) is 4.80. The molecule has 1 unspecified atom stereocenters. The normalized spacial score (nSPS) is 22.3. The molecule has 24 heavy (non-hydrogen) atoms. The summed E-state index contributed by atoms with van der Waals surface area (Å²) in [4.78, 5) is 2.59. The number of fused-ring (bicyclic) bond motifs is 10. The standard InChI is InChI=1S/C23H17N/c1-2-9-19-15(7-1)17-8-3-4-13-21(17)24-22-14-6-11-18(22)16-10-5-12-20(16)23(19)24/h1-5,7-11,13-14,23H,6,12H2. The Bertz CT molecular complexity index is 1020. The quantitative estimate of drug-likeness (QED) is 0.603. The highest BCUT2D eigenvalue weighted by atomic mass is 15.2. The van der Waals surface area contributed by atoms with Crippen LogP contribution in [0, 0.1) is 0 Å². The molecule has 2 aliphatic carbocycles. The van der Waals surface area contributed by atoms with Gasteiger partial charge in [-0.15, -0.1) is 0 Å². The van der Waals surface area contributed by atoms with Crippen molar-refractivity contribution in [2.24, 2.45) is 0 Å². The van der Waals surface area contributed by atoms with Gasteiger partial charge in [-0.25, -0.2) is 0 Å². The van der Waals surface area contributed by atoms with Crippen molar-refractivity contribution in [3.8, 4) is 11.1 Å². The fourth-order valence-corrected chi connectivity index (χ4v) is 4.80. The van der Waals surface area contributed by atoms with Crippen LogP contribution >= 0.6 is 0 Å². The lowest BCUT2D eigenvalue weighted by Crippen LogP contribution is -2.36. The zero-order valence-electron chi connectivity index (χ0n) is 13.4. The van der Waals surface area contributed by atoms with Gasteiger partial charge >= 0.3 is 0 Å². The van der Waals surface area contributed by atoms with Crippen molar-refractivity contribution in [2.75, 3.05) is 4.90 Å². The first-order valence-electron chi connectivity index (χ1n) is 8.72. The zero-order chi connectivity index (χ0) is 15.7. The Morgan fingerprint density at radius 1 is 0.875 bits per heavy atom. The van der Waals surface area contributed by atoms with Crippen LogP contribution in [0.5, 0.6) is 0 Å². The molecular formula is C23H17N. The third-order valence-corrected chi connectivity index (χ3v) is 5.72. The molecule has 0 amide bonds. The van der Waals surface area contributed by atoms with Crippen molar-refractivity contribution in [1.82, 2.24) is 0 Å². The Balaban J connectivity index is 1.73. The second-order valence-electron chi connectivity index (χ2n) is 6.87. The van der Waals surface area contributed by atoms with Crippen LogP contribution in [0.4, 0.5) is 5.69 Å². The molecule has 0 bridgehead atoms. The summed E-state index contributed by atoms with van der Waals surface area (Å²) < 4.78 is 0. The van der Waals surface area contributed by atoms with E-state index in [0.717, 1.165) is 12.8 Å². The van der Waals surface area contributed by atoms with E-state index in [1.54, 1.807) is 5.57 Å². The molecule has 4 aliphatic rings. The molecule has 0 spiro atoms. The van der Waals surface area contributed by atoms with E-state index in [2.05, 4.69) is 77.7 Å². The molecule has 1 nitrogen and oxygen atoms in total. The lowest BCUT2D eigenvalue weighted by Gasteiger charge is -2.45. The minimum atomic E-state index is 0.336. The molecule has 0 radical (unpaired) electrons. The van der Waals surface area contributed by atoms with Gasteiger partial charge < -0.3 is 4.90 Å². The fraction of sp³-hybridized carbons (Fsp3) is 0.130.